The molecule has 0 radical (unpaired) electrons. The number of nitrogens with zero attached hydrogens (tertiary/aromatic N) is 3. The molecule has 8 heteroatoms. The number of nitrogens with two attached hydrogens (primary N) is 1. The van der Waals surface area contributed by atoms with Gasteiger partial charge < -0.3 is 25.1 Å². The standard InChI is InChI=1S/C21H25N5O2.HI/c1-27-19-8-7-16(13-20(19)28-2)9-10-24-21(22)25-14-17-5-3-4-6-18(17)26-12-11-23-15-26;/h3-8,11-13,15H,9-10,14H2,1-2H3,(H3,22,24,25);1H. The van der Waals surface area contributed by atoms with E-state index < -0.39 is 0 Å². The van der Waals surface area contributed by atoms with Crippen molar-refractivity contribution in [2.45, 2.75) is 13.0 Å². The van der Waals surface area contributed by atoms with E-state index in [1.165, 1.54) is 0 Å². The SMILES string of the molecule is COc1ccc(CCNC(N)=NCc2ccccc2-n2ccnc2)cc1OC.I. The molecular weight excluding hydrogens is 481 g/mol. The van der Waals surface area contributed by atoms with E-state index in [2.05, 4.69) is 15.3 Å². The molecule has 1 heterocycles. The van der Waals surface area contributed by atoms with Crippen LogP contribution in [0.5, 0.6) is 11.5 Å². The van der Waals surface area contributed by atoms with Gasteiger partial charge in [0.1, 0.15) is 0 Å². The first-order chi connectivity index (χ1) is 13.7. The summed E-state index contributed by atoms with van der Waals surface area (Å²) in [5.41, 5.74) is 9.28. The van der Waals surface area contributed by atoms with Gasteiger partial charge in [0.05, 0.1) is 32.8 Å². The summed E-state index contributed by atoms with van der Waals surface area (Å²) in [6.07, 6.45) is 6.23. The van der Waals surface area contributed by atoms with Crippen molar-refractivity contribution < 1.29 is 9.47 Å². The second-order valence-corrected chi connectivity index (χ2v) is 6.17. The molecule has 0 spiro atoms. The molecule has 0 saturated carbocycles. The molecule has 3 rings (SSSR count). The number of aliphatic imine (C=N–C) groups is 1. The Labute approximate surface area is 188 Å². The minimum atomic E-state index is 0. The molecule has 0 fully saturated rings. The molecule has 1 aromatic heterocycles. The van der Waals surface area contributed by atoms with Gasteiger partial charge in [-0.25, -0.2) is 9.98 Å². The number of halogens is 1. The third-order valence-electron chi connectivity index (χ3n) is 4.36. The Balaban J connectivity index is 0.00000300. The summed E-state index contributed by atoms with van der Waals surface area (Å²) in [7, 11) is 3.26. The number of benzene rings is 2. The van der Waals surface area contributed by atoms with Gasteiger partial charge in [-0.15, -0.1) is 24.0 Å². The van der Waals surface area contributed by atoms with Crippen LogP contribution in [0.25, 0.3) is 5.69 Å². The lowest BCUT2D eigenvalue weighted by molar-refractivity contribution is 0.354. The molecule has 3 N–H and O–H groups in total. The highest BCUT2D eigenvalue weighted by Crippen LogP contribution is 2.27. The van der Waals surface area contributed by atoms with Crippen molar-refractivity contribution in [3.05, 3.63) is 72.3 Å². The lowest BCUT2D eigenvalue weighted by Gasteiger charge is -2.11. The normalized spacial score (nSPS) is 10.9. The van der Waals surface area contributed by atoms with Crippen LogP contribution in [0.1, 0.15) is 11.1 Å². The second-order valence-electron chi connectivity index (χ2n) is 6.17. The summed E-state index contributed by atoms with van der Waals surface area (Å²) in [5.74, 6) is 1.86. The Morgan fingerprint density at radius 1 is 1.14 bits per heavy atom. The quantitative estimate of drug-likeness (QED) is 0.278. The summed E-state index contributed by atoms with van der Waals surface area (Å²) in [4.78, 5) is 8.56. The van der Waals surface area contributed by atoms with Crippen LogP contribution in [-0.4, -0.2) is 36.3 Å². The van der Waals surface area contributed by atoms with E-state index in [4.69, 9.17) is 15.2 Å². The molecular formula is C21H26IN5O2. The summed E-state index contributed by atoms with van der Waals surface area (Å²) in [6, 6.07) is 13.9. The van der Waals surface area contributed by atoms with Gasteiger partial charge in [0.2, 0.25) is 0 Å². The lowest BCUT2D eigenvalue weighted by atomic mass is 10.1. The first-order valence-corrected chi connectivity index (χ1v) is 9.02. The van der Waals surface area contributed by atoms with Crippen LogP contribution in [0.15, 0.2) is 66.2 Å². The van der Waals surface area contributed by atoms with E-state index in [-0.39, 0.29) is 24.0 Å². The number of hydrogen-bond acceptors (Lipinski definition) is 4. The zero-order valence-electron chi connectivity index (χ0n) is 16.5. The fourth-order valence-corrected chi connectivity index (χ4v) is 2.90. The molecule has 0 aliphatic carbocycles. The Hall–Kier alpha value is -2.75. The number of para-hydroxylation sites is 1. The van der Waals surface area contributed by atoms with Crippen LogP contribution in [0.3, 0.4) is 0 Å². The second kappa shape index (κ2) is 11.3. The molecule has 0 bridgehead atoms. The minimum Gasteiger partial charge on any atom is -0.493 e. The minimum absolute atomic E-state index is 0. The summed E-state index contributed by atoms with van der Waals surface area (Å²) >= 11 is 0. The van der Waals surface area contributed by atoms with Crippen LogP contribution in [0.2, 0.25) is 0 Å². The molecule has 0 atom stereocenters. The molecule has 0 aliphatic heterocycles. The number of imidazole rings is 1. The molecule has 0 amide bonds. The molecule has 29 heavy (non-hydrogen) atoms. The molecule has 0 aliphatic rings. The first-order valence-electron chi connectivity index (χ1n) is 9.02. The van der Waals surface area contributed by atoms with Crippen molar-refractivity contribution in [3.8, 4) is 17.2 Å². The van der Waals surface area contributed by atoms with Crippen LogP contribution in [0.4, 0.5) is 0 Å². The predicted octanol–water partition coefficient (Wildman–Crippen LogP) is 3.15. The first kappa shape index (κ1) is 22.5. The average molecular weight is 507 g/mol. The highest BCUT2D eigenvalue weighted by Gasteiger charge is 2.05. The molecule has 154 valence electrons. The number of rotatable bonds is 8. The van der Waals surface area contributed by atoms with E-state index in [1.807, 2.05) is 53.2 Å². The van der Waals surface area contributed by atoms with Crippen molar-refractivity contribution in [1.29, 1.82) is 0 Å². The fraction of sp³-hybridized carbons (Fsp3) is 0.238. The third-order valence-corrected chi connectivity index (χ3v) is 4.36. The van der Waals surface area contributed by atoms with E-state index in [1.54, 1.807) is 26.7 Å². The number of guanidine groups is 1. The molecule has 0 saturated heterocycles. The average Bonchev–Trinajstić information content (AvgIpc) is 3.27. The molecule has 3 aromatic rings. The number of aromatic nitrogens is 2. The van der Waals surface area contributed by atoms with E-state index >= 15 is 0 Å². The number of hydrogen-bond donors (Lipinski definition) is 2. The van der Waals surface area contributed by atoms with Crippen molar-refractivity contribution >= 4 is 29.9 Å². The zero-order chi connectivity index (χ0) is 19.8. The van der Waals surface area contributed by atoms with Gasteiger partial charge in [0.25, 0.3) is 0 Å². The van der Waals surface area contributed by atoms with Gasteiger partial charge in [-0.1, -0.05) is 24.3 Å². The number of ether oxygens (including phenoxy) is 2. The van der Waals surface area contributed by atoms with Gasteiger partial charge in [-0.05, 0) is 35.7 Å². The predicted molar refractivity (Wildman–Crippen MR) is 126 cm³/mol. The monoisotopic (exact) mass is 507 g/mol. The van der Waals surface area contributed by atoms with Gasteiger partial charge in [0, 0.05) is 18.9 Å². The Bertz CT molecular complexity index is 929. The van der Waals surface area contributed by atoms with Gasteiger partial charge >= 0.3 is 0 Å². The number of methoxy groups -OCH3 is 2. The van der Waals surface area contributed by atoms with Gasteiger partial charge in [-0.2, -0.15) is 0 Å². The maximum atomic E-state index is 6.03. The van der Waals surface area contributed by atoms with E-state index in [9.17, 15) is 0 Å². The van der Waals surface area contributed by atoms with Crippen molar-refractivity contribution in [1.82, 2.24) is 14.9 Å². The zero-order valence-corrected chi connectivity index (χ0v) is 18.9. The fourth-order valence-electron chi connectivity index (χ4n) is 2.90. The van der Waals surface area contributed by atoms with Crippen LogP contribution >= 0.6 is 24.0 Å². The summed E-state index contributed by atoms with van der Waals surface area (Å²) in [6.45, 7) is 1.16. The van der Waals surface area contributed by atoms with Crippen molar-refractivity contribution in [3.63, 3.8) is 0 Å². The van der Waals surface area contributed by atoms with Gasteiger partial charge in [0.15, 0.2) is 17.5 Å². The number of nitrogens with one attached hydrogen (secondary N) is 1. The highest BCUT2D eigenvalue weighted by atomic mass is 127. The molecule has 2 aromatic carbocycles. The third kappa shape index (κ3) is 6.11. The molecule has 7 nitrogen and oxygen atoms in total. The summed E-state index contributed by atoms with van der Waals surface area (Å²) in [5, 5.41) is 3.16. The van der Waals surface area contributed by atoms with Crippen molar-refractivity contribution in [2.75, 3.05) is 20.8 Å². The van der Waals surface area contributed by atoms with Gasteiger partial charge in [-0.3, -0.25) is 0 Å². The van der Waals surface area contributed by atoms with E-state index in [0.29, 0.717) is 19.0 Å². The van der Waals surface area contributed by atoms with E-state index in [0.717, 1.165) is 34.7 Å². The summed E-state index contributed by atoms with van der Waals surface area (Å²) < 4.78 is 12.6. The molecule has 0 unspecified atom stereocenters. The van der Waals surface area contributed by atoms with Crippen LogP contribution in [0, 0.1) is 0 Å². The van der Waals surface area contributed by atoms with Crippen LogP contribution in [-0.2, 0) is 13.0 Å². The lowest BCUT2D eigenvalue weighted by Crippen LogP contribution is -2.33. The topological polar surface area (TPSA) is 86.7 Å². The largest absolute Gasteiger partial charge is 0.493 e. The smallest absolute Gasteiger partial charge is 0.188 e. The van der Waals surface area contributed by atoms with Crippen molar-refractivity contribution in [2.24, 2.45) is 10.7 Å². The van der Waals surface area contributed by atoms with Crippen LogP contribution < -0.4 is 20.5 Å². The Morgan fingerprint density at radius 3 is 2.66 bits per heavy atom. The maximum Gasteiger partial charge on any atom is 0.188 e. The Morgan fingerprint density at radius 2 is 1.93 bits per heavy atom. The Kier molecular flexibility index (Phi) is 8.78. The maximum absolute atomic E-state index is 6.03. The highest BCUT2D eigenvalue weighted by molar-refractivity contribution is 14.0.